The molecule has 3 aromatic rings. The number of benzene rings is 1. The number of fused-ring (bicyclic) bond motifs is 1. The quantitative estimate of drug-likeness (QED) is 0.507. The van der Waals surface area contributed by atoms with Crippen molar-refractivity contribution in [3.8, 4) is 0 Å². The summed E-state index contributed by atoms with van der Waals surface area (Å²) in [7, 11) is -4.26. The van der Waals surface area contributed by atoms with Gasteiger partial charge in [-0.2, -0.15) is 13.1 Å². The third-order valence-electron chi connectivity index (χ3n) is 5.64. The summed E-state index contributed by atoms with van der Waals surface area (Å²) in [5.41, 5.74) is 3.07. The van der Waals surface area contributed by atoms with E-state index in [4.69, 9.17) is 4.55 Å². The van der Waals surface area contributed by atoms with Crippen molar-refractivity contribution in [1.82, 2.24) is 19.3 Å². The van der Waals surface area contributed by atoms with Gasteiger partial charge >= 0.3 is 10.3 Å². The molecule has 0 spiro atoms. The van der Waals surface area contributed by atoms with E-state index in [1.165, 1.54) is 5.56 Å². The van der Waals surface area contributed by atoms with Crippen LogP contribution in [-0.4, -0.2) is 45.3 Å². The number of aliphatic hydroxyl groups is 1. The smallest absolute Gasteiger partial charge is 0.333 e. The molecule has 0 amide bonds. The second-order valence-corrected chi connectivity index (χ2v) is 8.78. The predicted molar refractivity (Wildman–Crippen MR) is 109 cm³/mol. The molecule has 8 nitrogen and oxygen atoms in total. The second-order valence-electron chi connectivity index (χ2n) is 7.54. The molecule has 9 heteroatoms. The van der Waals surface area contributed by atoms with E-state index in [1.807, 2.05) is 35.0 Å². The summed E-state index contributed by atoms with van der Waals surface area (Å²) in [5, 5.41) is 11.3. The zero-order chi connectivity index (χ0) is 20.4. The van der Waals surface area contributed by atoms with Gasteiger partial charge < -0.3 is 9.67 Å². The van der Waals surface area contributed by atoms with Crippen LogP contribution in [0.1, 0.15) is 30.1 Å². The van der Waals surface area contributed by atoms with Crippen molar-refractivity contribution >= 4 is 21.3 Å². The molecule has 1 aliphatic carbocycles. The first-order chi connectivity index (χ1) is 13.9. The van der Waals surface area contributed by atoms with Crippen molar-refractivity contribution in [1.29, 1.82) is 0 Å². The molecule has 1 fully saturated rings. The molecular formula is C20H24N4O4S. The molecule has 3 atom stereocenters. The first-order valence-corrected chi connectivity index (χ1v) is 11.1. The number of nitrogens with one attached hydrogen (secondary N) is 1. The highest BCUT2D eigenvalue weighted by molar-refractivity contribution is 7.83. The minimum Gasteiger partial charge on any atom is -0.393 e. The lowest BCUT2D eigenvalue weighted by Gasteiger charge is -2.14. The molecule has 3 N–H and O–H groups in total. The molecule has 0 aliphatic heterocycles. The normalized spacial score (nSPS) is 22.3. The number of hydrogen-bond donors (Lipinski definition) is 3. The fourth-order valence-electron chi connectivity index (χ4n) is 4.16. The van der Waals surface area contributed by atoms with Crippen LogP contribution in [0.2, 0.25) is 0 Å². The number of nitrogens with zero attached hydrogens (tertiary/aromatic N) is 3. The van der Waals surface area contributed by atoms with E-state index in [0.717, 1.165) is 29.6 Å². The van der Waals surface area contributed by atoms with Gasteiger partial charge in [-0.15, -0.1) is 0 Å². The van der Waals surface area contributed by atoms with Gasteiger partial charge in [-0.3, -0.25) is 4.55 Å². The van der Waals surface area contributed by atoms with E-state index in [0.29, 0.717) is 12.8 Å². The van der Waals surface area contributed by atoms with Crippen LogP contribution in [0.15, 0.2) is 48.9 Å². The van der Waals surface area contributed by atoms with Crippen LogP contribution in [-0.2, 0) is 23.1 Å². The molecule has 1 aliphatic rings. The maximum Gasteiger partial charge on any atom is 0.333 e. The van der Waals surface area contributed by atoms with Crippen LogP contribution in [0.4, 0.5) is 0 Å². The Hall–Kier alpha value is -2.33. The van der Waals surface area contributed by atoms with Crippen LogP contribution in [0.5, 0.6) is 0 Å². The number of aliphatic hydroxyl groups excluding tert-OH is 1. The van der Waals surface area contributed by atoms with Gasteiger partial charge in [0.1, 0.15) is 12.0 Å². The van der Waals surface area contributed by atoms with Crippen molar-refractivity contribution in [3.63, 3.8) is 0 Å². The summed E-state index contributed by atoms with van der Waals surface area (Å²) in [6, 6.07) is 12.3. The SMILES string of the molecule is O=S(=O)(O)NC[C@@H]1C[C@@H](n2ccc3c(CCc4ccccc4)ncnc32)C[C@@H]1O. The average Bonchev–Trinajstić information content (AvgIpc) is 3.28. The lowest BCUT2D eigenvalue weighted by Crippen LogP contribution is -2.31. The Morgan fingerprint density at radius 3 is 2.66 bits per heavy atom. The van der Waals surface area contributed by atoms with Gasteiger partial charge in [0.25, 0.3) is 0 Å². The summed E-state index contributed by atoms with van der Waals surface area (Å²) in [5.74, 6) is -0.265. The van der Waals surface area contributed by atoms with E-state index < -0.39 is 16.4 Å². The van der Waals surface area contributed by atoms with E-state index in [9.17, 15) is 13.5 Å². The summed E-state index contributed by atoms with van der Waals surface area (Å²) in [4.78, 5) is 8.93. The topological polar surface area (TPSA) is 117 Å². The number of rotatable bonds is 7. The molecule has 2 aromatic heterocycles. The number of aryl methyl sites for hydroxylation is 2. The third-order valence-corrected chi connectivity index (χ3v) is 6.17. The van der Waals surface area contributed by atoms with Crippen molar-refractivity contribution < 1.29 is 18.1 Å². The minimum absolute atomic E-state index is 0.00696. The predicted octanol–water partition coefficient (Wildman–Crippen LogP) is 1.92. The molecule has 154 valence electrons. The standard InChI is InChI=1S/C20H24N4O4S/c25-19-11-16(10-15(19)12-23-29(26,27)28)24-9-8-17-18(21-13-22-20(17)24)7-6-14-4-2-1-3-5-14/h1-5,8-9,13,15-16,19,23,25H,6-7,10-12H2,(H,26,27,28)/t15-,16+,19-/m0/s1. The molecule has 1 saturated carbocycles. The zero-order valence-corrected chi connectivity index (χ0v) is 16.7. The summed E-state index contributed by atoms with van der Waals surface area (Å²) in [6.07, 6.45) is 5.68. The molecule has 2 heterocycles. The molecule has 0 saturated heterocycles. The molecule has 0 bridgehead atoms. The van der Waals surface area contributed by atoms with Crippen LogP contribution in [0.25, 0.3) is 11.0 Å². The van der Waals surface area contributed by atoms with E-state index in [-0.39, 0.29) is 18.5 Å². The maximum atomic E-state index is 10.9. The van der Waals surface area contributed by atoms with Crippen molar-refractivity contribution in [2.75, 3.05) is 6.54 Å². The molecule has 0 unspecified atom stereocenters. The lowest BCUT2D eigenvalue weighted by atomic mass is 10.1. The highest BCUT2D eigenvalue weighted by atomic mass is 32.2. The fourth-order valence-corrected chi connectivity index (χ4v) is 4.58. The molecule has 4 rings (SSSR count). The largest absolute Gasteiger partial charge is 0.393 e. The van der Waals surface area contributed by atoms with Gasteiger partial charge in [0.2, 0.25) is 0 Å². The summed E-state index contributed by atoms with van der Waals surface area (Å²) >= 11 is 0. The Kier molecular flexibility index (Phi) is 5.64. The van der Waals surface area contributed by atoms with Crippen LogP contribution in [0, 0.1) is 5.92 Å². The molecule has 29 heavy (non-hydrogen) atoms. The van der Waals surface area contributed by atoms with Crippen molar-refractivity contribution in [3.05, 3.63) is 60.2 Å². The van der Waals surface area contributed by atoms with Gasteiger partial charge in [-0.05, 0) is 37.3 Å². The van der Waals surface area contributed by atoms with Gasteiger partial charge in [-0.25, -0.2) is 9.97 Å². The van der Waals surface area contributed by atoms with Crippen molar-refractivity contribution in [2.24, 2.45) is 5.92 Å². The molecule has 1 aromatic carbocycles. The summed E-state index contributed by atoms with van der Waals surface area (Å²) in [6.45, 7) is 0.00696. The minimum atomic E-state index is -4.26. The monoisotopic (exact) mass is 416 g/mol. The highest BCUT2D eigenvalue weighted by Gasteiger charge is 2.35. The van der Waals surface area contributed by atoms with Gasteiger partial charge in [0, 0.05) is 30.1 Å². The Morgan fingerprint density at radius 1 is 1.10 bits per heavy atom. The Bertz CT molecular complexity index is 1080. The third kappa shape index (κ3) is 4.64. The van der Waals surface area contributed by atoms with Crippen LogP contribution < -0.4 is 4.72 Å². The highest BCUT2D eigenvalue weighted by Crippen LogP contribution is 2.36. The van der Waals surface area contributed by atoms with Gasteiger partial charge in [0.05, 0.1) is 11.8 Å². The van der Waals surface area contributed by atoms with Crippen molar-refractivity contribution in [2.45, 2.75) is 37.8 Å². The Labute approximate surface area is 169 Å². The summed E-state index contributed by atoms with van der Waals surface area (Å²) < 4.78 is 34.8. The Balaban J connectivity index is 1.50. The average molecular weight is 417 g/mol. The second kappa shape index (κ2) is 8.19. The molecule has 0 radical (unpaired) electrons. The number of aromatic nitrogens is 3. The van der Waals surface area contributed by atoms with E-state index >= 15 is 0 Å². The van der Waals surface area contributed by atoms with E-state index in [1.54, 1.807) is 6.33 Å². The maximum absolute atomic E-state index is 10.9. The van der Waals surface area contributed by atoms with E-state index in [2.05, 4.69) is 26.8 Å². The fraction of sp³-hybridized carbons (Fsp3) is 0.400. The number of hydrogen-bond acceptors (Lipinski definition) is 5. The molecular weight excluding hydrogens is 392 g/mol. The van der Waals surface area contributed by atoms with Gasteiger partial charge in [-0.1, -0.05) is 30.3 Å². The van der Waals surface area contributed by atoms with Crippen LogP contribution >= 0.6 is 0 Å². The first-order valence-electron chi connectivity index (χ1n) is 9.65. The van der Waals surface area contributed by atoms with Crippen LogP contribution in [0.3, 0.4) is 0 Å². The zero-order valence-electron chi connectivity index (χ0n) is 15.8. The van der Waals surface area contributed by atoms with Gasteiger partial charge in [0.15, 0.2) is 0 Å². The first kappa shape index (κ1) is 20.0. The lowest BCUT2D eigenvalue weighted by molar-refractivity contribution is 0.133. The Morgan fingerprint density at radius 2 is 1.90 bits per heavy atom.